The van der Waals surface area contributed by atoms with E-state index in [2.05, 4.69) is 24.5 Å². The molecule has 4 rings (SSSR count). The van der Waals surface area contributed by atoms with Crippen LogP contribution in [0.3, 0.4) is 0 Å². The molecule has 2 aromatic heterocycles. The first-order valence-electron chi connectivity index (χ1n) is 12.3. The molecule has 1 atom stereocenters. The van der Waals surface area contributed by atoms with Crippen molar-refractivity contribution >= 4 is 15.8 Å². The predicted molar refractivity (Wildman–Crippen MR) is 137 cm³/mol. The van der Waals surface area contributed by atoms with Crippen LogP contribution in [0.25, 0.3) is 0 Å². The summed E-state index contributed by atoms with van der Waals surface area (Å²) in [5.41, 5.74) is 2.46. The molecule has 2 N–H and O–H groups in total. The highest BCUT2D eigenvalue weighted by atomic mass is 32.2. The number of anilines is 1. The lowest BCUT2D eigenvalue weighted by Crippen LogP contribution is -2.33. The van der Waals surface area contributed by atoms with Gasteiger partial charge in [-0.15, -0.1) is 0 Å². The van der Waals surface area contributed by atoms with Crippen LogP contribution in [-0.2, 0) is 35.0 Å². The Morgan fingerprint density at radius 2 is 1.92 bits per heavy atom. The van der Waals surface area contributed by atoms with Gasteiger partial charge in [0.15, 0.2) is 12.4 Å². The second-order valence-electron chi connectivity index (χ2n) is 10.5. The third-order valence-electron chi connectivity index (χ3n) is 6.56. The predicted octanol–water partition coefficient (Wildman–Crippen LogP) is 4.72. The van der Waals surface area contributed by atoms with Crippen LogP contribution in [0.5, 0.6) is 5.88 Å². The Morgan fingerprint density at radius 3 is 2.54 bits per heavy atom. The van der Waals surface area contributed by atoms with Gasteiger partial charge in [-0.05, 0) is 42.2 Å². The van der Waals surface area contributed by atoms with Crippen molar-refractivity contribution in [1.29, 1.82) is 0 Å². The van der Waals surface area contributed by atoms with Crippen LogP contribution >= 0.6 is 0 Å². The number of fused-ring (bicyclic) bond motifs is 1. The fourth-order valence-corrected chi connectivity index (χ4v) is 5.53. The molecule has 0 spiro atoms. The maximum absolute atomic E-state index is 13.2. The maximum Gasteiger partial charge on any atom is 0.422 e. The number of benzene rings is 1. The Morgan fingerprint density at radius 1 is 1.18 bits per heavy atom. The van der Waals surface area contributed by atoms with Crippen LogP contribution < -0.4 is 9.46 Å². The van der Waals surface area contributed by atoms with Crippen molar-refractivity contribution in [3.05, 3.63) is 64.5 Å². The minimum atomic E-state index is -4.44. The van der Waals surface area contributed by atoms with Crippen molar-refractivity contribution in [2.24, 2.45) is 0 Å². The van der Waals surface area contributed by atoms with Crippen molar-refractivity contribution < 1.29 is 36.0 Å². The van der Waals surface area contributed by atoms with E-state index in [1.54, 1.807) is 18.2 Å². The number of nitrogens with one attached hydrogen (secondary N) is 1. The first-order chi connectivity index (χ1) is 18.2. The van der Waals surface area contributed by atoms with Crippen molar-refractivity contribution in [3.8, 4) is 5.88 Å². The topological polar surface area (TPSA) is 118 Å². The number of sulfonamides is 1. The first kappa shape index (κ1) is 28.8. The average molecular weight is 569 g/mol. The number of alkyl halides is 3. The molecule has 0 saturated carbocycles. The van der Waals surface area contributed by atoms with E-state index in [1.807, 2.05) is 27.7 Å². The smallest absolute Gasteiger partial charge is 0.422 e. The molecule has 0 saturated heterocycles. The van der Waals surface area contributed by atoms with Crippen molar-refractivity contribution in [2.45, 2.75) is 69.8 Å². The molecule has 212 valence electrons. The molecule has 0 bridgehead atoms. The summed E-state index contributed by atoms with van der Waals surface area (Å²) in [6.45, 7) is 6.89. The van der Waals surface area contributed by atoms with Crippen LogP contribution in [0, 0.1) is 0 Å². The van der Waals surface area contributed by atoms with E-state index in [-0.39, 0.29) is 28.2 Å². The van der Waals surface area contributed by atoms with Gasteiger partial charge in [-0.25, -0.2) is 13.4 Å². The average Bonchev–Trinajstić information content (AvgIpc) is 3.28. The minimum absolute atomic E-state index is 0.0489. The van der Waals surface area contributed by atoms with Crippen molar-refractivity contribution in [3.63, 3.8) is 0 Å². The molecule has 3 heterocycles. The maximum atomic E-state index is 13.2. The highest BCUT2D eigenvalue weighted by Gasteiger charge is 2.30. The van der Waals surface area contributed by atoms with Crippen molar-refractivity contribution in [1.82, 2.24) is 15.0 Å². The number of aromatic nitrogens is 2. The standard InChI is InChI=1S/C26H31F3N4O5S/c1-16(18-6-8-22(30-12-18)37-15-26(27,28)29)33-10-9-17-5-7-20(11-19(17)13-33)39(35,36)32-24-21(14-34)23(38-31-24)25(2,3)4/h5-8,11-12,16,34H,9-10,13-15H2,1-4H3,(H,31,32). The van der Waals surface area contributed by atoms with Crippen molar-refractivity contribution in [2.75, 3.05) is 17.9 Å². The third kappa shape index (κ3) is 6.71. The zero-order chi connectivity index (χ0) is 28.6. The molecule has 1 aromatic carbocycles. The third-order valence-corrected chi connectivity index (χ3v) is 7.90. The number of hydrogen-bond acceptors (Lipinski definition) is 8. The van der Waals surface area contributed by atoms with Gasteiger partial charge in [0.1, 0.15) is 5.76 Å². The Labute approximate surface area is 225 Å². The second-order valence-corrected chi connectivity index (χ2v) is 12.2. The molecule has 0 radical (unpaired) electrons. The number of aliphatic hydroxyl groups is 1. The number of aliphatic hydroxyl groups excluding tert-OH is 1. The summed E-state index contributed by atoms with van der Waals surface area (Å²) in [6.07, 6.45) is -2.26. The molecule has 1 aliphatic heterocycles. The lowest BCUT2D eigenvalue weighted by Gasteiger charge is -2.34. The van der Waals surface area contributed by atoms with Gasteiger partial charge in [-0.2, -0.15) is 13.2 Å². The molecule has 0 aliphatic carbocycles. The number of nitrogens with zero attached hydrogens (tertiary/aromatic N) is 3. The van der Waals surface area contributed by atoms with Crippen LogP contribution in [0.4, 0.5) is 19.0 Å². The van der Waals surface area contributed by atoms with Crippen LogP contribution in [0.2, 0.25) is 0 Å². The van der Waals surface area contributed by atoms with E-state index in [0.29, 0.717) is 25.3 Å². The molecule has 1 aliphatic rings. The molecule has 0 fully saturated rings. The van der Waals surface area contributed by atoms with Crippen LogP contribution in [0.1, 0.15) is 61.8 Å². The largest absolute Gasteiger partial charge is 0.468 e. The van der Waals surface area contributed by atoms with Gasteiger partial charge in [0.05, 0.1) is 17.1 Å². The van der Waals surface area contributed by atoms with E-state index in [0.717, 1.165) is 16.7 Å². The highest BCUT2D eigenvalue weighted by Crippen LogP contribution is 2.33. The van der Waals surface area contributed by atoms with Gasteiger partial charge >= 0.3 is 6.18 Å². The van der Waals surface area contributed by atoms with Gasteiger partial charge < -0.3 is 14.4 Å². The summed E-state index contributed by atoms with van der Waals surface area (Å²) in [4.78, 5) is 6.18. The van der Waals surface area contributed by atoms with Gasteiger partial charge in [-0.3, -0.25) is 9.62 Å². The molecule has 1 unspecified atom stereocenters. The van der Waals surface area contributed by atoms with E-state index < -0.39 is 34.8 Å². The Bertz CT molecular complexity index is 1420. The summed E-state index contributed by atoms with van der Waals surface area (Å²) in [5.74, 6) is 0.235. The van der Waals surface area contributed by atoms with E-state index in [9.17, 15) is 26.7 Å². The SMILES string of the molecule is CC(c1ccc(OCC(F)(F)F)nc1)N1CCc2ccc(S(=O)(=O)Nc3noc(C(C)(C)C)c3CO)cc2C1. The van der Waals surface area contributed by atoms with E-state index >= 15 is 0 Å². The fourth-order valence-electron chi connectivity index (χ4n) is 4.46. The molecule has 13 heteroatoms. The fraction of sp³-hybridized carbons (Fsp3) is 0.462. The summed E-state index contributed by atoms with van der Waals surface area (Å²) < 4.78 is 76.0. The first-order valence-corrected chi connectivity index (χ1v) is 13.8. The van der Waals surface area contributed by atoms with E-state index in [4.69, 9.17) is 4.52 Å². The van der Waals surface area contributed by atoms with Gasteiger partial charge in [0, 0.05) is 36.8 Å². The number of rotatable bonds is 8. The number of pyridine rings is 1. The van der Waals surface area contributed by atoms with Gasteiger partial charge in [-0.1, -0.05) is 38.1 Å². The summed E-state index contributed by atoms with van der Waals surface area (Å²) >= 11 is 0. The molecule has 39 heavy (non-hydrogen) atoms. The minimum Gasteiger partial charge on any atom is -0.468 e. The van der Waals surface area contributed by atoms with E-state index in [1.165, 1.54) is 18.3 Å². The summed E-state index contributed by atoms with van der Waals surface area (Å²) in [6, 6.07) is 7.89. The zero-order valence-electron chi connectivity index (χ0n) is 22.0. The summed E-state index contributed by atoms with van der Waals surface area (Å²) in [5, 5.41) is 13.7. The normalized spacial score (nSPS) is 15.6. The monoisotopic (exact) mass is 568 g/mol. The van der Waals surface area contributed by atoms with Crippen LogP contribution in [-0.4, -0.2) is 47.9 Å². The lowest BCUT2D eigenvalue weighted by molar-refractivity contribution is -0.154. The molecule has 0 amide bonds. The lowest BCUT2D eigenvalue weighted by atomic mass is 9.90. The highest BCUT2D eigenvalue weighted by molar-refractivity contribution is 7.92. The number of halogens is 3. The van der Waals surface area contributed by atoms with Crippen LogP contribution in [0.15, 0.2) is 45.9 Å². The van der Waals surface area contributed by atoms with Gasteiger partial charge in [0.2, 0.25) is 5.88 Å². The molecule has 3 aromatic rings. The molecule has 9 nitrogen and oxygen atoms in total. The summed E-state index contributed by atoms with van der Waals surface area (Å²) in [7, 11) is -4.03. The number of hydrogen-bond donors (Lipinski definition) is 2. The zero-order valence-corrected chi connectivity index (χ0v) is 22.9. The molecular weight excluding hydrogens is 537 g/mol. The van der Waals surface area contributed by atoms with Gasteiger partial charge in [0.25, 0.3) is 10.0 Å². The Balaban J connectivity index is 1.49. The molecular formula is C26H31F3N4O5S. The Kier molecular flexibility index (Phi) is 7.97. The second kappa shape index (κ2) is 10.8. The quantitative estimate of drug-likeness (QED) is 0.401. The Hall–Kier alpha value is -3.16. The number of ether oxygens (including phenoxy) is 1.